The van der Waals surface area contributed by atoms with Crippen LogP contribution in [0.5, 0.6) is 0 Å². The maximum Gasteiger partial charge on any atom is 0.223 e. The van der Waals surface area contributed by atoms with Gasteiger partial charge in [0.2, 0.25) is 5.91 Å². The van der Waals surface area contributed by atoms with Crippen molar-refractivity contribution < 1.29 is 9.53 Å². The van der Waals surface area contributed by atoms with Crippen molar-refractivity contribution in [1.82, 2.24) is 15.1 Å². The van der Waals surface area contributed by atoms with Gasteiger partial charge in [-0.05, 0) is 44.4 Å². The largest absolute Gasteiger partial charge is 0.377 e. The Hall–Kier alpha value is -0.360. The minimum atomic E-state index is 0. The van der Waals surface area contributed by atoms with Crippen LogP contribution in [0.1, 0.15) is 51.9 Å². The van der Waals surface area contributed by atoms with Gasteiger partial charge < -0.3 is 15.0 Å². The number of carbonyl (C=O) groups excluding carboxylic acids is 1. The van der Waals surface area contributed by atoms with Gasteiger partial charge in [0.25, 0.3) is 0 Å². The average Bonchev–Trinajstić information content (AvgIpc) is 3.13. The highest BCUT2D eigenvalue weighted by Gasteiger charge is 2.28. The molecule has 0 spiro atoms. The van der Waals surface area contributed by atoms with Crippen LogP contribution in [0.25, 0.3) is 0 Å². The van der Waals surface area contributed by atoms with Crippen molar-refractivity contribution in [2.24, 2.45) is 5.92 Å². The fourth-order valence-corrected chi connectivity index (χ4v) is 4.39. The van der Waals surface area contributed by atoms with Crippen molar-refractivity contribution in [2.45, 2.75) is 64.0 Å². The van der Waals surface area contributed by atoms with Crippen molar-refractivity contribution in [3.63, 3.8) is 0 Å². The Morgan fingerprint density at radius 2 is 1.88 bits per heavy atom. The topological polar surface area (TPSA) is 44.8 Å². The highest BCUT2D eigenvalue weighted by Crippen LogP contribution is 2.28. The average molecular weight is 374 g/mol. The third-order valence-corrected chi connectivity index (χ3v) is 6.05. The van der Waals surface area contributed by atoms with Gasteiger partial charge in [-0.3, -0.25) is 9.69 Å². The van der Waals surface area contributed by atoms with Crippen LogP contribution in [0.4, 0.5) is 0 Å². The number of rotatable bonds is 6. The molecule has 1 atom stereocenters. The van der Waals surface area contributed by atoms with Crippen LogP contribution < -0.4 is 5.32 Å². The van der Waals surface area contributed by atoms with Crippen LogP contribution in [0.2, 0.25) is 0 Å². The lowest BCUT2D eigenvalue weighted by molar-refractivity contribution is -0.132. The van der Waals surface area contributed by atoms with Gasteiger partial charge in [-0.15, -0.1) is 12.4 Å². The number of carbonyl (C=O) groups is 1. The first-order chi connectivity index (χ1) is 11.7. The van der Waals surface area contributed by atoms with Gasteiger partial charge in [0, 0.05) is 58.3 Å². The zero-order valence-corrected chi connectivity index (χ0v) is 16.6. The predicted octanol–water partition coefficient (Wildman–Crippen LogP) is 2.29. The fourth-order valence-electron chi connectivity index (χ4n) is 4.39. The van der Waals surface area contributed by atoms with Gasteiger partial charge in [0.1, 0.15) is 0 Å². The molecular formula is C19H36ClN3O2. The van der Waals surface area contributed by atoms with Gasteiger partial charge in [-0.2, -0.15) is 0 Å². The second-order valence-electron chi connectivity index (χ2n) is 7.92. The second-order valence-corrected chi connectivity index (χ2v) is 7.92. The van der Waals surface area contributed by atoms with Crippen molar-refractivity contribution in [3.8, 4) is 0 Å². The van der Waals surface area contributed by atoms with Gasteiger partial charge in [0.05, 0.1) is 6.10 Å². The van der Waals surface area contributed by atoms with Crippen LogP contribution in [0.15, 0.2) is 0 Å². The summed E-state index contributed by atoms with van der Waals surface area (Å²) in [4.78, 5) is 17.1. The molecule has 1 saturated carbocycles. The molecule has 0 radical (unpaired) electrons. The Morgan fingerprint density at radius 3 is 2.52 bits per heavy atom. The molecule has 1 unspecified atom stereocenters. The summed E-state index contributed by atoms with van der Waals surface area (Å²) in [5, 5.41) is 3.32. The molecule has 0 aromatic heterocycles. The Kier molecular flexibility index (Phi) is 8.97. The summed E-state index contributed by atoms with van der Waals surface area (Å²) in [6.45, 7) is 8.82. The molecule has 25 heavy (non-hydrogen) atoms. The van der Waals surface area contributed by atoms with E-state index in [-0.39, 0.29) is 12.4 Å². The zero-order chi connectivity index (χ0) is 16.8. The minimum Gasteiger partial charge on any atom is -0.377 e. The zero-order valence-electron chi connectivity index (χ0n) is 15.8. The Morgan fingerprint density at radius 1 is 1.16 bits per heavy atom. The third-order valence-electron chi connectivity index (χ3n) is 6.05. The number of hydrogen-bond donors (Lipinski definition) is 1. The molecule has 0 aromatic carbocycles. The Balaban J connectivity index is 0.00000225. The van der Waals surface area contributed by atoms with E-state index < -0.39 is 0 Å². The summed E-state index contributed by atoms with van der Waals surface area (Å²) in [5.41, 5.74) is 0. The van der Waals surface area contributed by atoms with E-state index in [0.717, 1.165) is 51.8 Å². The number of ether oxygens (including phenoxy) is 1. The fraction of sp³-hybridized carbons (Fsp3) is 0.947. The van der Waals surface area contributed by atoms with Crippen molar-refractivity contribution in [3.05, 3.63) is 0 Å². The lowest BCUT2D eigenvalue weighted by Gasteiger charge is -2.37. The lowest BCUT2D eigenvalue weighted by Crippen LogP contribution is -2.48. The molecule has 3 fully saturated rings. The van der Waals surface area contributed by atoms with Crippen LogP contribution >= 0.6 is 12.4 Å². The highest BCUT2D eigenvalue weighted by molar-refractivity contribution is 5.85. The van der Waals surface area contributed by atoms with E-state index in [0.29, 0.717) is 24.5 Å². The smallest absolute Gasteiger partial charge is 0.223 e. The molecule has 3 aliphatic rings. The molecular weight excluding hydrogens is 338 g/mol. The van der Waals surface area contributed by atoms with E-state index >= 15 is 0 Å². The van der Waals surface area contributed by atoms with Gasteiger partial charge in [-0.1, -0.05) is 6.92 Å². The molecule has 1 N–H and O–H groups in total. The highest BCUT2D eigenvalue weighted by atomic mass is 35.5. The molecule has 2 heterocycles. The van der Waals surface area contributed by atoms with E-state index in [1.165, 1.54) is 38.5 Å². The summed E-state index contributed by atoms with van der Waals surface area (Å²) in [7, 11) is 0. The number of piperazine rings is 1. The number of nitrogens with zero attached hydrogens (tertiary/aromatic N) is 2. The predicted molar refractivity (Wildman–Crippen MR) is 103 cm³/mol. The summed E-state index contributed by atoms with van der Waals surface area (Å²) in [6.07, 6.45) is 8.67. The summed E-state index contributed by atoms with van der Waals surface area (Å²) in [5.74, 6) is 1.20. The molecule has 2 saturated heterocycles. The molecule has 6 heteroatoms. The maximum absolute atomic E-state index is 12.5. The van der Waals surface area contributed by atoms with E-state index in [1.54, 1.807) is 0 Å². The number of hydrogen-bond acceptors (Lipinski definition) is 4. The van der Waals surface area contributed by atoms with E-state index in [2.05, 4.69) is 17.1 Å². The standard InChI is InChI=1S/C19H35N3O2.ClH/c1-16-4-6-17(7-5-16)22(15-18-3-2-14-24-18)11-8-19(23)21-12-9-20-10-13-21;/h16-18,20H,2-15H2,1H3;1H. The monoisotopic (exact) mass is 373 g/mol. The molecule has 5 nitrogen and oxygen atoms in total. The Labute approximate surface area is 159 Å². The third kappa shape index (κ3) is 6.38. The van der Waals surface area contributed by atoms with E-state index in [4.69, 9.17) is 4.74 Å². The van der Waals surface area contributed by atoms with E-state index in [1.807, 2.05) is 4.90 Å². The first kappa shape index (κ1) is 20.9. The first-order valence-electron chi connectivity index (χ1n) is 10.1. The minimum absolute atomic E-state index is 0. The van der Waals surface area contributed by atoms with Crippen LogP contribution in [-0.4, -0.2) is 73.7 Å². The SMILES string of the molecule is CC1CCC(N(CCC(=O)N2CCNCC2)CC2CCCO2)CC1.Cl. The quantitative estimate of drug-likeness (QED) is 0.775. The Bertz CT molecular complexity index is 390. The molecule has 2 aliphatic heterocycles. The van der Waals surface area contributed by atoms with Crippen molar-refractivity contribution in [1.29, 1.82) is 0 Å². The second kappa shape index (κ2) is 10.7. The number of halogens is 1. The van der Waals surface area contributed by atoms with Gasteiger partial charge in [-0.25, -0.2) is 0 Å². The van der Waals surface area contributed by atoms with Crippen molar-refractivity contribution >= 4 is 18.3 Å². The van der Waals surface area contributed by atoms with Crippen molar-refractivity contribution in [2.75, 3.05) is 45.9 Å². The normalized spacial score (nSPS) is 30.3. The first-order valence-corrected chi connectivity index (χ1v) is 10.1. The summed E-state index contributed by atoms with van der Waals surface area (Å²) in [6, 6.07) is 0.654. The molecule has 0 aromatic rings. The van der Waals surface area contributed by atoms with Gasteiger partial charge >= 0.3 is 0 Å². The molecule has 0 bridgehead atoms. The molecule has 1 aliphatic carbocycles. The maximum atomic E-state index is 12.5. The molecule has 146 valence electrons. The summed E-state index contributed by atoms with van der Waals surface area (Å²) >= 11 is 0. The number of amides is 1. The van der Waals surface area contributed by atoms with Gasteiger partial charge in [0.15, 0.2) is 0 Å². The summed E-state index contributed by atoms with van der Waals surface area (Å²) < 4.78 is 5.87. The molecule has 3 rings (SSSR count). The molecule has 1 amide bonds. The number of nitrogens with one attached hydrogen (secondary N) is 1. The van der Waals surface area contributed by atoms with Crippen LogP contribution in [0, 0.1) is 5.92 Å². The van der Waals surface area contributed by atoms with Crippen LogP contribution in [0.3, 0.4) is 0 Å². The van der Waals surface area contributed by atoms with E-state index in [9.17, 15) is 4.79 Å². The lowest BCUT2D eigenvalue weighted by atomic mass is 9.86. The van der Waals surface area contributed by atoms with Crippen LogP contribution in [-0.2, 0) is 9.53 Å².